The van der Waals surface area contributed by atoms with Crippen LogP contribution < -0.4 is 10.0 Å². The Bertz CT molecular complexity index is 936. The van der Waals surface area contributed by atoms with E-state index in [9.17, 15) is 22.0 Å². The van der Waals surface area contributed by atoms with Gasteiger partial charge >= 0.3 is 0 Å². The summed E-state index contributed by atoms with van der Waals surface area (Å²) in [5.41, 5.74) is 0.0318. The van der Waals surface area contributed by atoms with Gasteiger partial charge in [-0.2, -0.15) is 0 Å². The molecule has 0 bridgehead atoms. The second kappa shape index (κ2) is 7.74. The van der Waals surface area contributed by atoms with Gasteiger partial charge in [-0.25, -0.2) is 21.9 Å². The molecule has 2 aromatic carbocycles. The minimum Gasteiger partial charge on any atom is -0.346 e. The van der Waals surface area contributed by atoms with E-state index in [1.165, 1.54) is 30.3 Å². The summed E-state index contributed by atoms with van der Waals surface area (Å²) in [7, 11) is -3.69. The second-order valence-electron chi connectivity index (χ2n) is 7.25. The molecule has 2 N–H and O–H groups in total. The number of carbonyl (C=O) groups excluding carboxylic acids is 1. The zero-order valence-corrected chi connectivity index (χ0v) is 16.3. The lowest BCUT2D eigenvalue weighted by Gasteiger charge is -2.20. The van der Waals surface area contributed by atoms with Crippen molar-refractivity contribution in [3.63, 3.8) is 0 Å². The fourth-order valence-corrected chi connectivity index (χ4v) is 3.81. The summed E-state index contributed by atoms with van der Waals surface area (Å²) in [6.45, 7) is 6.82. The summed E-state index contributed by atoms with van der Waals surface area (Å²) in [5.74, 6) is -2.41. The van der Waals surface area contributed by atoms with Crippen molar-refractivity contribution in [1.29, 1.82) is 0 Å². The molecule has 2 rings (SSSR count). The van der Waals surface area contributed by atoms with Gasteiger partial charge < -0.3 is 5.32 Å². The molecule has 0 spiro atoms. The molecule has 0 radical (unpaired) electrons. The fourth-order valence-electron chi connectivity index (χ4n) is 2.39. The first-order chi connectivity index (χ1) is 12.4. The molecule has 1 unspecified atom stereocenters. The Morgan fingerprint density at radius 1 is 1.00 bits per heavy atom. The lowest BCUT2D eigenvalue weighted by atomic mass is 10.1. The molecule has 0 saturated carbocycles. The number of nitrogens with one attached hydrogen (secondary N) is 2. The lowest BCUT2D eigenvalue weighted by molar-refractivity contribution is 0.0939. The number of sulfonamides is 1. The third kappa shape index (κ3) is 5.58. The van der Waals surface area contributed by atoms with Crippen molar-refractivity contribution in [2.75, 3.05) is 0 Å². The Balaban J connectivity index is 2.12. The average Bonchev–Trinajstić information content (AvgIpc) is 2.55. The van der Waals surface area contributed by atoms with Gasteiger partial charge in [0.05, 0.1) is 10.9 Å². The number of benzene rings is 2. The van der Waals surface area contributed by atoms with E-state index in [-0.39, 0.29) is 10.5 Å². The van der Waals surface area contributed by atoms with E-state index in [2.05, 4.69) is 10.0 Å². The van der Waals surface area contributed by atoms with E-state index in [4.69, 9.17) is 0 Å². The van der Waals surface area contributed by atoms with Crippen LogP contribution in [0.25, 0.3) is 0 Å². The molecule has 1 amide bonds. The van der Waals surface area contributed by atoms with Crippen LogP contribution in [0.5, 0.6) is 0 Å². The molecule has 0 saturated heterocycles. The number of hydrogen-bond acceptors (Lipinski definition) is 3. The molecule has 8 heteroatoms. The number of rotatable bonds is 5. The molecule has 0 fully saturated rings. The van der Waals surface area contributed by atoms with Crippen molar-refractivity contribution >= 4 is 15.9 Å². The molecule has 0 aromatic heterocycles. The summed E-state index contributed by atoms with van der Waals surface area (Å²) in [6, 6.07) is 8.31. The van der Waals surface area contributed by atoms with Crippen molar-refractivity contribution in [2.45, 2.75) is 44.2 Å². The van der Waals surface area contributed by atoms with E-state index in [0.717, 1.165) is 12.1 Å². The van der Waals surface area contributed by atoms with Gasteiger partial charge in [0.1, 0.15) is 0 Å². The van der Waals surface area contributed by atoms with Crippen molar-refractivity contribution < 1.29 is 22.0 Å². The van der Waals surface area contributed by atoms with E-state index in [1.54, 1.807) is 27.7 Å². The number of halogens is 2. The first-order valence-corrected chi connectivity index (χ1v) is 9.77. The van der Waals surface area contributed by atoms with Crippen LogP contribution in [0, 0.1) is 11.6 Å². The van der Waals surface area contributed by atoms with Crippen molar-refractivity contribution in [2.24, 2.45) is 0 Å². The van der Waals surface area contributed by atoms with Crippen LogP contribution in [0.15, 0.2) is 47.4 Å². The van der Waals surface area contributed by atoms with Crippen molar-refractivity contribution in [1.82, 2.24) is 10.0 Å². The standard InChI is InChI=1S/C19H22F2N2O3S/c1-12(14-7-10-16(20)17(21)11-14)22-18(24)13-5-8-15(9-6-13)27(25,26)23-19(2,3)4/h5-12,23H,1-4H3,(H,22,24). The van der Waals surface area contributed by atoms with E-state index < -0.39 is 39.1 Å². The highest BCUT2D eigenvalue weighted by Gasteiger charge is 2.22. The Morgan fingerprint density at radius 3 is 2.11 bits per heavy atom. The van der Waals surface area contributed by atoms with Crippen LogP contribution in [0.1, 0.15) is 49.7 Å². The largest absolute Gasteiger partial charge is 0.346 e. The zero-order chi connectivity index (χ0) is 20.4. The molecular formula is C19H22F2N2O3S. The monoisotopic (exact) mass is 396 g/mol. The van der Waals surface area contributed by atoms with Gasteiger partial charge in [0.2, 0.25) is 10.0 Å². The number of amides is 1. The average molecular weight is 396 g/mol. The molecule has 0 aliphatic heterocycles. The lowest BCUT2D eigenvalue weighted by Crippen LogP contribution is -2.40. The van der Waals surface area contributed by atoms with Crippen LogP contribution >= 0.6 is 0 Å². The van der Waals surface area contributed by atoms with Crippen molar-refractivity contribution in [3.8, 4) is 0 Å². The highest BCUT2D eigenvalue weighted by molar-refractivity contribution is 7.89. The maximum atomic E-state index is 13.3. The molecule has 0 heterocycles. The first-order valence-electron chi connectivity index (χ1n) is 8.29. The Kier molecular flexibility index (Phi) is 6.01. The smallest absolute Gasteiger partial charge is 0.251 e. The Morgan fingerprint density at radius 2 is 1.59 bits per heavy atom. The molecule has 5 nitrogen and oxygen atoms in total. The van der Waals surface area contributed by atoms with Crippen LogP contribution in [-0.4, -0.2) is 19.9 Å². The molecule has 1 atom stereocenters. The fraction of sp³-hybridized carbons (Fsp3) is 0.316. The van der Waals surface area contributed by atoms with Gasteiger partial charge in [-0.1, -0.05) is 6.07 Å². The first kappa shape index (κ1) is 21.0. The van der Waals surface area contributed by atoms with Crippen LogP contribution in [0.4, 0.5) is 8.78 Å². The quantitative estimate of drug-likeness (QED) is 0.812. The minimum absolute atomic E-state index is 0.0441. The normalized spacial score (nSPS) is 13.3. The SMILES string of the molecule is CC(NC(=O)c1ccc(S(=O)(=O)NC(C)(C)C)cc1)c1ccc(F)c(F)c1. The predicted molar refractivity (Wildman–Crippen MR) is 98.8 cm³/mol. The maximum Gasteiger partial charge on any atom is 0.251 e. The second-order valence-corrected chi connectivity index (χ2v) is 8.93. The number of hydrogen-bond donors (Lipinski definition) is 2. The third-order valence-electron chi connectivity index (χ3n) is 3.66. The minimum atomic E-state index is -3.69. The van der Waals surface area contributed by atoms with Gasteiger partial charge in [-0.3, -0.25) is 4.79 Å². The third-order valence-corrected chi connectivity index (χ3v) is 5.43. The van der Waals surface area contributed by atoms with Crippen LogP contribution in [0.2, 0.25) is 0 Å². The highest BCUT2D eigenvalue weighted by Crippen LogP contribution is 2.18. The van der Waals surface area contributed by atoms with Gasteiger partial charge in [-0.15, -0.1) is 0 Å². The van der Waals surface area contributed by atoms with E-state index in [1.807, 2.05) is 0 Å². The van der Waals surface area contributed by atoms with Gasteiger partial charge in [-0.05, 0) is 69.7 Å². The summed E-state index contributed by atoms with van der Waals surface area (Å²) < 4.78 is 53.4. The predicted octanol–water partition coefficient (Wildman–Crippen LogP) is 3.53. The molecule has 0 aliphatic rings. The van der Waals surface area contributed by atoms with Gasteiger partial charge in [0.15, 0.2) is 11.6 Å². The Labute approximate surface area is 157 Å². The van der Waals surface area contributed by atoms with Crippen molar-refractivity contribution in [3.05, 3.63) is 65.2 Å². The maximum absolute atomic E-state index is 13.3. The van der Waals surface area contributed by atoms with Gasteiger partial charge in [0, 0.05) is 11.1 Å². The van der Waals surface area contributed by atoms with E-state index in [0.29, 0.717) is 5.56 Å². The molecule has 27 heavy (non-hydrogen) atoms. The number of carbonyl (C=O) groups is 1. The summed E-state index contributed by atoms with van der Waals surface area (Å²) in [4.78, 5) is 12.4. The topological polar surface area (TPSA) is 75.3 Å². The summed E-state index contributed by atoms with van der Waals surface area (Å²) in [6.07, 6.45) is 0. The Hall–Kier alpha value is -2.32. The highest BCUT2D eigenvalue weighted by atomic mass is 32.2. The van der Waals surface area contributed by atoms with Crippen LogP contribution in [0.3, 0.4) is 0 Å². The molecule has 2 aromatic rings. The molecule has 146 valence electrons. The molecular weight excluding hydrogens is 374 g/mol. The summed E-state index contributed by atoms with van der Waals surface area (Å²) in [5, 5.41) is 2.66. The molecule has 0 aliphatic carbocycles. The zero-order valence-electron chi connectivity index (χ0n) is 15.5. The van der Waals surface area contributed by atoms with E-state index >= 15 is 0 Å². The summed E-state index contributed by atoms with van der Waals surface area (Å²) >= 11 is 0. The van der Waals surface area contributed by atoms with Gasteiger partial charge in [0.25, 0.3) is 5.91 Å². The van der Waals surface area contributed by atoms with Crippen LogP contribution in [-0.2, 0) is 10.0 Å².